The van der Waals surface area contributed by atoms with Crippen molar-refractivity contribution in [3.63, 3.8) is 0 Å². The number of piperidine rings is 1. The predicted molar refractivity (Wildman–Crippen MR) is 79.3 cm³/mol. The molecule has 0 aromatic heterocycles. The lowest BCUT2D eigenvalue weighted by Crippen LogP contribution is -2.43. The van der Waals surface area contributed by atoms with Gasteiger partial charge in [-0.1, -0.05) is 5.92 Å². The predicted octanol–water partition coefficient (Wildman–Crippen LogP) is 2.57. The Morgan fingerprint density at radius 3 is 2.41 bits per heavy atom. The van der Waals surface area contributed by atoms with Crippen LogP contribution in [0.4, 0.5) is 19.3 Å². The SMILES string of the molecule is C#Cc1cc(F)c(NC(=O)N2CCC(C(C)O)CC2)c(F)c1. The maximum Gasteiger partial charge on any atom is 0.322 e. The number of carbonyl (C=O) groups is 1. The molecule has 1 heterocycles. The Morgan fingerprint density at radius 2 is 1.95 bits per heavy atom. The van der Waals surface area contributed by atoms with Crippen LogP contribution in [0.2, 0.25) is 0 Å². The van der Waals surface area contributed by atoms with Crippen molar-refractivity contribution in [3.8, 4) is 12.3 Å². The molecular formula is C16H18F2N2O2. The lowest BCUT2D eigenvalue weighted by atomic mass is 9.92. The number of hydrogen-bond acceptors (Lipinski definition) is 2. The molecular weight excluding hydrogens is 290 g/mol. The number of nitrogens with one attached hydrogen (secondary N) is 1. The minimum atomic E-state index is -0.903. The molecule has 0 bridgehead atoms. The van der Waals surface area contributed by atoms with E-state index in [1.807, 2.05) is 0 Å². The molecule has 0 saturated carbocycles. The quantitative estimate of drug-likeness (QED) is 0.825. The Labute approximate surface area is 128 Å². The lowest BCUT2D eigenvalue weighted by molar-refractivity contribution is 0.0820. The molecule has 0 spiro atoms. The Bertz CT molecular complexity index is 580. The van der Waals surface area contributed by atoms with Crippen molar-refractivity contribution in [2.45, 2.75) is 25.9 Å². The van der Waals surface area contributed by atoms with Crippen molar-refractivity contribution < 1.29 is 18.7 Å². The molecule has 1 saturated heterocycles. The van der Waals surface area contributed by atoms with E-state index in [-0.39, 0.29) is 11.5 Å². The van der Waals surface area contributed by atoms with Crippen molar-refractivity contribution in [3.05, 3.63) is 29.3 Å². The van der Waals surface area contributed by atoms with Crippen molar-refractivity contribution >= 4 is 11.7 Å². The van der Waals surface area contributed by atoms with Gasteiger partial charge in [0.25, 0.3) is 0 Å². The van der Waals surface area contributed by atoms with Crippen LogP contribution in [0.5, 0.6) is 0 Å². The molecule has 118 valence electrons. The molecule has 2 N–H and O–H groups in total. The van der Waals surface area contributed by atoms with Crippen molar-refractivity contribution in [1.29, 1.82) is 0 Å². The van der Waals surface area contributed by atoms with Crippen LogP contribution in [0, 0.1) is 29.9 Å². The number of rotatable bonds is 2. The zero-order valence-electron chi connectivity index (χ0n) is 12.3. The van der Waals surface area contributed by atoms with E-state index in [0.29, 0.717) is 25.9 Å². The number of anilines is 1. The number of carbonyl (C=O) groups excluding carboxylic acids is 1. The summed E-state index contributed by atoms with van der Waals surface area (Å²) in [5, 5.41) is 11.8. The fourth-order valence-electron chi connectivity index (χ4n) is 2.55. The topological polar surface area (TPSA) is 52.6 Å². The zero-order valence-corrected chi connectivity index (χ0v) is 12.3. The van der Waals surface area contributed by atoms with Gasteiger partial charge in [-0.25, -0.2) is 13.6 Å². The smallest absolute Gasteiger partial charge is 0.322 e. The van der Waals surface area contributed by atoms with E-state index in [2.05, 4.69) is 11.2 Å². The highest BCUT2D eigenvalue weighted by molar-refractivity contribution is 5.89. The van der Waals surface area contributed by atoms with Crippen molar-refractivity contribution in [2.75, 3.05) is 18.4 Å². The van der Waals surface area contributed by atoms with Crippen LogP contribution in [-0.2, 0) is 0 Å². The summed E-state index contributed by atoms with van der Waals surface area (Å²) in [5.41, 5.74) is -0.424. The van der Waals surface area contributed by atoms with Crippen molar-refractivity contribution in [2.24, 2.45) is 5.92 Å². The van der Waals surface area contributed by atoms with Crippen LogP contribution in [0.1, 0.15) is 25.3 Å². The van der Waals surface area contributed by atoms with E-state index in [1.54, 1.807) is 6.92 Å². The van der Waals surface area contributed by atoms with Gasteiger partial charge in [-0.2, -0.15) is 0 Å². The van der Waals surface area contributed by atoms with Gasteiger partial charge < -0.3 is 15.3 Å². The Kier molecular flexibility index (Phi) is 4.99. The second-order valence-corrected chi connectivity index (χ2v) is 5.45. The summed E-state index contributed by atoms with van der Waals surface area (Å²) in [5.74, 6) is 0.482. The number of nitrogens with zero attached hydrogens (tertiary/aromatic N) is 1. The number of aliphatic hydroxyl groups is 1. The third-order valence-corrected chi connectivity index (χ3v) is 3.95. The first-order valence-electron chi connectivity index (χ1n) is 7.12. The molecule has 2 amide bonds. The van der Waals surface area contributed by atoms with Gasteiger partial charge in [0, 0.05) is 18.7 Å². The summed E-state index contributed by atoms with van der Waals surface area (Å²) in [7, 11) is 0. The van der Waals surface area contributed by atoms with Gasteiger partial charge >= 0.3 is 6.03 Å². The second-order valence-electron chi connectivity index (χ2n) is 5.45. The summed E-state index contributed by atoms with van der Waals surface area (Å²) in [4.78, 5) is 13.6. The molecule has 0 aliphatic carbocycles. The monoisotopic (exact) mass is 308 g/mol. The Morgan fingerprint density at radius 1 is 1.41 bits per heavy atom. The molecule has 1 aromatic carbocycles. The van der Waals surface area contributed by atoms with Crippen LogP contribution in [0.25, 0.3) is 0 Å². The molecule has 22 heavy (non-hydrogen) atoms. The number of terminal acetylenes is 1. The van der Waals surface area contributed by atoms with Crippen LogP contribution >= 0.6 is 0 Å². The van der Waals surface area contributed by atoms with Gasteiger partial charge in [0.05, 0.1) is 6.10 Å². The summed E-state index contributed by atoms with van der Waals surface area (Å²) in [6, 6.07) is 1.44. The number of aliphatic hydroxyl groups excluding tert-OH is 1. The fourth-order valence-corrected chi connectivity index (χ4v) is 2.55. The van der Waals surface area contributed by atoms with E-state index < -0.39 is 29.5 Å². The zero-order chi connectivity index (χ0) is 16.3. The Balaban J connectivity index is 2.03. The molecule has 1 aliphatic rings. The van der Waals surface area contributed by atoms with Gasteiger partial charge in [-0.15, -0.1) is 6.42 Å². The molecule has 1 aromatic rings. The average molecular weight is 308 g/mol. The number of urea groups is 1. The van der Waals surface area contributed by atoms with E-state index in [9.17, 15) is 18.7 Å². The Hall–Kier alpha value is -2.13. The van der Waals surface area contributed by atoms with Gasteiger partial charge in [0.1, 0.15) is 5.69 Å². The summed E-state index contributed by atoms with van der Waals surface area (Å²) < 4.78 is 27.6. The van der Waals surface area contributed by atoms with E-state index in [1.165, 1.54) is 4.90 Å². The maximum atomic E-state index is 13.8. The van der Waals surface area contributed by atoms with E-state index in [0.717, 1.165) is 12.1 Å². The molecule has 4 nitrogen and oxygen atoms in total. The molecule has 1 unspecified atom stereocenters. The highest BCUT2D eigenvalue weighted by Crippen LogP contribution is 2.23. The summed E-state index contributed by atoms with van der Waals surface area (Å²) >= 11 is 0. The summed E-state index contributed by atoms with van der Waals surface area (Å²) in [6.45, 7) is 2.60. The maximum absolute atomic E-state index is 13.8. The highest BCUT2D eigenvalue weighted by atomic mass is 19.1. The number of benzene rings is 1. The fraction of sp³-hybridized carbons (Fsp3) is 0.438. The lowest BCUT2D eigenvalue weighted by Gasteiger charge is -2.33. The summed E-state index contributed by atoms with van der Waals surface area (Å²) in [6.07, 6.45) is 5.99. The number of halogens is 2. The molecule has 2 rings (SSSR count). The van der Waals surface area contributed by atoms with Gasteiger partial charge in [0.15, 0.2) is 11.6 Å². The molecule has 0 radical (unpaired) electrons. The average Bonchev–Trinajstić information content (AvgIpc) is 2.50. The molecule has 1 atom stereocenters. The van der Waals surface area contributed by atoms with Crippen LogP contribution in [0.3, 0.4) is 0 Å². The van der Waals surface area contributed by atoms with E-state index >= 15 is 0 Å². The van der Waals surface area contributed by atoms with Gasteiger partial charge in [0.2, 0.25) is 0 Å². The molecule has 6 heteroatoms. The van der Waals surface area contributed by atoms with Gasteiger partial charge in [-0.3, -0.25) is 0 Å². The van der Waals surface area contributed by atoms with Crippen molar-refractivity contribution in [1.82, 2.24) is 4.90 Å². The molecule has 1 fully saturated rings. The minimum Gasteiger partial charge on any atom is -0.393 e. The highest BCUT2D eigenvalue weighted by Gasteiger charge is 2.26. The van der Waals surface area contributed by atoms with E-state index in [4.69, 9.17) is 6.42 Å². The molecule has 1 aliphatic heterocycles. The number of likely N-dealkylation sites (tertiary alicyclic amines) is 1. The first-order chi connectivity index (χ1) is 10.4. The normalized spacial score (nSPS) is 17.0. The standard InChI is InChI=1S/C16H18F2N2O2/c1-3-11-8-13(17)15(14(18)9-11)19-16(22)20-6-4-12(5-7-20)10(2)21/h1,8-10,12,21H,4-7H2,2H3,(H,19,22). The third-order valence-electron chi connectivity index (χ3n) is 3.95. The first-order valence-corrected chi connectivity index (χ1v) is 7.12. The number of amides is 2. The third kappa shape index (κ3) is 3.55. The van der Waals surface area contributed by atoms with Crippen LogP contribution < -0.4 is 5.32 Å². The first kappa shape index (κ1) is 16.2. The van der Waals surface area contributed by atoms with Crippen LogP contribution in [0.15, 0.2) is 12.1 Å². The van der Waals surface area contributed by atoms with Crippen LogP contribution in [-0.4, -0.2) is 35.2 Å². The minimum absolute atomic E-state index is 0.0748. The van der Waals surface area contributed by atoms with Gasteiger partial charge in [-0.05, 0) is 37.8 Å². The second kappa shape index (κ2) is 6.75. The number of hydrogen-bond donors (Lipinski definition) is 2. The largest absolute Gasteiger partial charge is 0.393 e.